The lowest BCUT2D eigenvalue weighted by atomic mass is 9.55. The van der Waals surface area contributed by atoms with Crippen molar-refractivity contribution in [2.75, 3.05) is 7.11 Å². The summed E-state index contributed by atoms with van der Waals surface area (Å²) in [6.07, 6.45) is 8.25. The lowest BCUT2D eigenvalue weighted by Crippen LogP contribution is -2.57. The van der Waals surface area contributed by atoms with Crippen molar-refractivity contribution in [2.45, 2.75) is 57.1 Å². The number of hydrogen-bond acceptors (Lipinski definition) is 5. The maximum Gasteiger partial charge on any atom is 0.408 e. The van der Waals surface area contributed by atoms with E-state index < -0.39 is 17.6 Å². The number of esters is 1. The molecule has 4 bridgehead atoms. The summed E-state index contributed by atoms with van der Waals surface area (Å²) in [6.45, 7) is 1.62. The average Bonchev–Trinajstić information content (AvgIpc) is 2.65. The van der Waals surface area contributed by atoms with Crippen LogP contribution in [0, 0.1) is 28.9 Å². The van der Waals surface area contributed by atoms with Crippen LogP contribution in [-0.4, -0.2) is 30.8 Å². The highest BCUT2D eigenvalue weighted by Crippen LogP contribution is 2.54. The van der Waals surface area contributed by atoms with Crippen LogP contribution in [0.1, 0.15) is 44.6 Å². The number of aromatic nitrogens is 1. The van der Waals surface area contributed by atoms with E-state index >= 15 is 0 Å². The van der Waals surface area contributed by atoms with E-state index in [1.54, 1.807) is 19.1 Å². The molecule has 1 atom stereocenters. The molecule has 0 aromatic carbocycles. The van der Waals surface area contributed by atoms with Gasteiger partial charge in [0.05, 0.1) is 7.11 Å². The molecule has 1 aromatic heterocycles. The third-order valence-electron chi connectivity index (χ3n) is 6.83. The maximum absolute atomic E-state index is 12.7. The van der Waals surface area contributed by atoms with Gasteiger partial charge in [-0.3, -0.25) is 0 Å². The summed E-state index contributed by atoms with van der Waals surface area (Å²) in [6, 6.07) is 3.25. The summed E-state index contributed by atoms with van der Waals surface area (Å²) >= 11 is 0. The highest BCUT2D eigenvalue weighted by molar-refractivity contribution is 5.85. The van der Waals surface area contributed by atoms with Gasteiger partial charge in [-0.1, -0.05) is 0 Å². The summed E-state index contributed by atoms with van der Waals surface area (Å²) in [5.41, 5.74) is -0.526. The Morgan fingerprint density at radius 1 is 1.14 bits per heavy atom. The molecule has 1 heterocycles. The molecular formula is C21H28N2O5. The number of ether oxygens (including phenoxy) is 2. The van der Waals surface area contributed by atoms with Crippen molar-refractivity contribution >= 4 is 12.1 Å². The van der Waals surface area contributed by atoms with Crippen molar-refractivity contribution in [3.8, 4) is 0 Å². The van der Waals surface area contributed by atoms with Gasteiger partial charge in [-0.25, -0.2) is 9.59 Å². The topological polar surface area (TPSA) is 91.6 Å². The first-order chi connectivity index (χ1) is 13.4. The van der Waals surface area contributed by atoms with Crippen LogP contribution in [-0.2, 0) is 20.7 Å². The lowest BCUT2D eigenvalue weighted by molar-refractivity contribution is -0.605. The van der Waals surface area contributed by atoms with Gasteiger partial charge < -0.3 is 20.0 Å². The number of amides is 1. The van der Waals surface area contributed by atoms with Crippen LogP contribution >= 0.6 is 0 Å². The molecule has 0 aliphatic heterocycles. The van der Waals surface area contributed by atoms with E-state index in [2.05, 4.69) is 5.32 Å². The molecule has 4 aliphatic rings. The largest absolute Gasteiger partial charge is 0.619 e. The molecule has 0 saturated heterocycles. The zero-order valence-corrected chi connectivity index (χ0v) is 16.4. The molecule has 4 aliphatic carbocycles. The van der Waals surface area contributed by atoms with E-state index in [-0.39, 0.29) is 12.5 Å². The minimum atomic E-state index is -1.27. The lowest BCUT2D eigenvalue weighted by Gasteiger charge is -2.53. The molecule has 7 heteroatoms. The molecule has 1 unspecified atom stereocenters. The second kappa shape index (κ2) is 7.26. The van der Waals surface area contributed by atoms with Crippen molar-refractivity contribution in [3.63, 3.8) is 0 Å². The van der Waals surface area contributed by atoms with Gasteiger partial charge in [-0.15, -0.1) is 0 Å². The quantitative estimate of drug-likeness (QED) is 0.475. The Labute approximate surface area is 165 Å². The monoisotopic (exact) mass is 388 g/mol. The Bertz CT molecular complexity index is 722. The van der Waals surface area contributed by atoms with Gasteiger partial charge in [0.15, 0.2) is 12.4 Å². The van der Waals surface area contributed by atoms with Gasteiger partial charge in [0.25, 0.3) is 0 Å². The van der Waals surface area contributed by atoms with Crippen LogP contribution < -0.4 is 10.0 Å². The van der Waals surface area contributed by atoms with Crippen LogP contribution in [0.15, 0.2) is 24.5 Å². The first-order valence-electron chi connectivity index (χ1n) is 10.1. The van der Waals surface area contributed by atoms with Crippen LogP contribution in [0.3, 0.4) is 0 Å². The molecule has 1 N–H and O–H groups in total. The van der Waals surface area contributed by atoms with Crippen molar-refractivity contribution in [1.29, 1.82) is 0 Å². The minimum Gasteiger partial charge on any atom is -0.619 e. The zero-order chi connectivity index (χ0) is 19.9. The first kappa shape index (κ1) is 19.0. The molecule has 0 radical (unpaired) electrons. The van der Waals surface area contributed by atoms with Crippen LogP contribution in [0.5, 0.6) is 0 Å². The Morgan fingerprint density at radius 3 is 2.25 bits per heavy atom. The number of nitrogens with one attached hydrogen (secondary N) is 1. The van der Waals surface area contributed by atoms with Crippen molar-refractivity contribution < 1.29 is 23.8 Å². The fourth-order valence-electron chi connectivity index (χ4n) is 5.81. The summed E-state index contributed by atoms with van der Waals surface area (Å²) in [7, 11) is 1.29. The Hall–Kier alpha value is -2.31. The number of carbonyl (C=O) groups excluding carboxylic acids is 2. The first-order valence-corrected chi connectivity index (χ1v) is 10.1. The van der Waals surface area contributed by atoms with Crippen molar-refractivity contribution in [3.05, 3.63) is 35.3 Å². The number of methoxy groups -OCH3 is 1. The van der Waals surface area contributed by atoms with E-state index in [1.807, 2.05) is 0 Å². The molecule has 1 amide bonds. The second-order valence-corrected chi connectivity index (χ2v) is 8.99. The fourth-order valence-corrected chi connectivity index (χ4v) is 5.81. The molecule has 28 heavy (non-hydrogen) atoms. The highest BCUT2D eigenvalue weighted by Gasteiger charge is 2.50. The van der Waals surface area contributed by atoms with Crippen LogP contribution in [0.25, 0.3) is 0 Å². The van der Waals surface area contributed by atoms with Gasteiger partial charge in [0.1, 0.15) is 11.6 Å². The Morgan fingerprint density at radius 2 is 1.71 bits per heavy atom. The molecule has 0 spiro atoms. The number of pyridine rings is 1. The average molecular weight is 388 g/mol. The fraction of sp³-hybridized carbons (Fsp3) is 0.667. The van der Waals surface area contributed by atoms with E-state index in [4.69, 9.17) is 9.47 Å². The summed E-state index contributed by atoms with van der Waals surface area (Å²) in [4.78, 5) is 25.1. The highest BCUT2D eigenvalue weighted by atomic mass is 16.6. The van der Waals surface area contributed by atoms with Crippen LogP contribution in [0.4, 0.5) is 4.79 Å². The molecule has 4 fully saturated rings. The van der Waals surface area contributed by atoms with Gasteiger partial charge in [0.2, 0.25) is 0 Å². The number of nitrogens with zero attached hydrogens (tertiary/aromatic N) is 1. The predicted octanol–water partition coefficient (Wildman–Crippen LogP) is 2.35. The maximum atomic E-state index is 12.7. The second-order valence-electron chi connectivity index (χ2n) is 8.99. The number of rotatable bonds is 5. The zero-order valence-electron chi connectivity index (χ0n) is 16.4. The molecule has 5 rings (SSSR count). The molecular weight excluding hydrogens is 360 g/mol. The third-order valence-corrected chi connectivity index (χ3v) is 6.83. The smallest absolute Gasteiger partial charge is 0.408 e. The Kier molecular flexibility index (Phi) is 4.93. The summed E-state index contributed by atoms with van der Waals surface area (Å²) < 4.78 is 11.5. The van der Waals surface area contributed by atoms with E-state index in [0.717, 1.165) is 43.1 Å². The van der Waals surface area contributed by atoms with Gasteiger partial charge >= 0.3 is 12.1 Å². The van der Waals surface area contributed by atoms with Gasteiger partial charge in [-0.05, 0) is 68.3 Å². The number of alkyl carbamates (subject to hydrolysis) is 1. The number of hydrogen-bond donors (Lipinski definition) is 1. The van der Waals surface area contributed by atoms with E-state index in [9.17, 15) is 14.8 Å². The van der Waals surface area contributed by atoms with Gasteiger partial charge in [-0.2, -0.15) is 4.73 Å². The van der Waals surface area contributed by atoms with E-state index in [1.165, 1.54) is 25.9 Å². The van der Waals surface area contributed by atoms with Gasteiger partial charge in [0, 0.05) is 18.6 Å². The molecule has 1 aromatic rings. The summed E-state index contributed by atoms with van der Waals surface area (Å²) in [5, 5.41) is 14.0. The minimum absolute atomic E-state index is 0.0501. The standard InChI is InChI=1S/C21H28N2O5/c1-21(19(24)27-2,12-13-3-5-23(26)6-4-13)22-20(25)28-18-16-8-14-7-15(10-16)11-17(18)9-14/h3-6,14-18H,7-12H2,1-2H3,(H,22,25). The third kappa shape index (κ3) is 3.66. The predicted molar refractivity (Wildman–Crippen MR) is 100.0 cm³/mol. The number of carbonyl (C=O) groups is 2. The summed E-state index contributed by atoms with van der Waals surface area (Å²) in [5.74, 6) is 1.95. The Balaban J connectivity index is 1.43. The van der Waals surface area contributed by atoms with E-state index in [0.29, 0.717) is 16.6 Å². The van der Waals surface area contributed by atoms with Crippen molar-refractivity contribution in [2.24, 2.45) is 23.7 Å². The van der Waals surface area contributed by atoms with Crippen molar-refractivity contribution in [1.82, 2.24) is 5.32 Å². The molecule has 152 valence electrons. The SMILES string of the molecule is COC(=O)C(C)(Cc1cc[n+]([O-])cc1)NC(=O)OC1C2CC3CC(C2)CC1C3. The molecule has 4 saturated carbocycles. The van der Waals surface area contributed by atoms with Crippen LogP contribution in [0.2, 0.25) is 0 Å². The normalized spacial score (nSPS) is 32.4. The molecule has 7 nitrogen and oxygen atoms in total.